The maximum atomic E-state index is 2.72. The summed E-state index contributed by atoms with van der Waals surface area (Å²) in [7, 11) is 0. The van der Waals surface area contributed by atoms with Crippen LogP contribution in [0.15, 0.2) is 0 Å². The van der Waals surface area contributed by atoms with E-state index in [-0.39, 0.29) is 0 Å². The highest BCUT2D eigenvalue weighted by Crippen LogP contribution is 2.67. The molecule has 0 spiro atoms. The van der Waals surface area contributed by atoms with E-state index in [4.69, 9.17) is 0 Å². The van der Waals surface area contributed by atoms with Gasteiger partial charge in [-0.3, -0.25) is 0 Å². The van der Waals surface area contributed by atoms with Crippen molar-refractivity contribution >= 4 is 0 Å². The van der Waals surface area contributed by atoms with Crippen LogP contribution in [-0.4, -0.2) is 0 Å². The molecule has 4 fully saturated rings. The van der Waals surface area contributed by atoms with Crippen LogP contribution in [0, 0.1) is 40.4 Å². The van der Waals surface area contributed by atoms with E-state index < -0.39 is 0 Å². The Kier molecular flexibility index (Phi) is 3.07. The van der Waals surface area contributed by atoms with Crippen LogP contribution in [0.3, 0.4) is 0 Å². The molecule has 0 heterocycles. The molecule has 4 rings (SSSR count). The predicted molar refractivity (Wildman–Crippen MR) is 85.5 cm³/mol. The van der Waals surface area contributed by atoms with Gasteiger partial charge in [0.2, 0.25) is 0 Å². The summed E-state index contributed by atoms with van der Waals surface area (Å²) in [5.41, 5.74) is 1.44. The fraction of sp³-hybridized carbons (Fsp3) is 1.00. The first kappa shape index (κ1) is 13.6. The number of hydrogen-bond donors (Lipinski definition) is 0. The zero-order valence-corrected chi connectivity index (χ0v) is 14.0. The molecule has 5 unspecified atom stereocenters. The van der Waals surface area contributed by atoms with Crippen LogP contribution in [0.4, 0.5) is 0 Å². The van der Waals surface area contributed by atoms with Crippen LogP contribution in [0.5, 0.6) is 0 Å². The summed E-state index contributed by atoms with van der Waals surface area (Å²) < 4.78 is 0. The van der Waals surface area contributed by atoms with E-state index in [9.17, 15) is 0 Å². The van der Waals surface area contributed by atoms with Crippen LogP contribution in [-0.2, 0) is 0 Å². The van der Waals surface area contributed by atoms with Gasteiger partial charge >= 0.3 is 0 Å². The lowest BCUT2D eigenvalue weighted by Crippen LogP contribution is -2.54. The number of hydrogen-bond acceptors (Lipinski definition) is 0. The lowest BCUT2D eigenvalue weighted by atomic mass is 9.43. The van der Waals surface area contributed by atoms with Gasteiger partial charge in [0.25, 0.3) is 0 Å². The van der Waals surface area contributed by atoms with Crippen LogP contribution >= 0.6 is 0 Å². The van der Waals surface area contributed by atoms with Gasteiger partial charge in [-0.2, -0.15) is 0 Å². The largest absolute Gasteiger partial charge is 0.0620 e. The zero-order chi connectivity index (χ0) is 14.0. The summed E-state index contributed by atoms with van der Waals surface area (Å²) in [6.45, 7) is 7.95. The second kappa shape index (κ2) is 4.50. The lowest BCUT2D eigenvalue weighted by Gasteiger charge is -2.62. The van der Waals surface area contributed by atoms with Gasteiger partial charge in [-0.25, -0.2) is 0 Å². The molecule has 0 amide bonds. The zero-order valence-electron chi connectivity index (χ0n) is 14.0. The molecule has 0 aliphatic heterocycles. The van der Waals surface area contributed by atoms with E-state index in [0.29, 0.717) is 5.41 Å². The monoisotopic (exact) mass is 274 g/mol. The van der Waals surface area contributed by atoms with E-state index in [1.807, 2.05) is 0 Å². The molecular formula is C20H34. The van der Waals surface area contributed by atoms with Crippen molar-refractivity contribution in [1.29, 1.82) is 0 Å². The van der Waals surface area contributed by atoms with Crippen LogP contribution in [0.1, 0.15) is 85.0 Å². The van der Waals surface area contributed by atoms with Crippen molar-refractivity contribution in [2.75, 3.05) is 0 Å². The predicted octanol–water partition coefficient (Wildman–Crippen LogP) is 6.06. The summed E-state index contributed by atoms with van der Waals surface area (Å²) in [6, 6.07) is 0. The number of fused-ring (bicyclic) bond motifs is 5. The molecule has 0 bridgehead atoms. The van der Waals surface area contributed by atoms with E-state index >= 15 is 0 Å². The Hall–Kier alpha value is 0. The van der Waals surface area contributed by atoms with E-state index in [2.05, 4.69) is 20.8 Å². The molecule has 4 saturated carbocycles. The standard InChI is InChI=1S/C20H34/c1-14-6-4-7-15-9-10-16-17-8-5-12-19(17,2)13-11-18(16)20(14,15)3/h14-18H,4-13H2,1-3H3/t14?,15?,16?,17?,18?,19-,20-/m0/s1. The fourth-order valence-corrected chi connectivity index (χ4v) is 7.67. The molecule has 20 heavy (non-hydrogen) atoms. The third-order valence-electron chi connectivity index (χ3n) is 9.00. The van der Waals surface area contributed by atoms with Gasteiger partial charge < -0.3 is 0 Å². The highest BCUT2D eigenvalue weighted by molar-refractivity contribution is 5.07. The molecule has 0 nitrogen and oxygen atoms in total. The van der Waals surface area contributed by atoms with Gasteiger partial charge in [0.1, 0.15) is 0 Å². The molecule has 114 valence electrons. The molecule has 0 heteroatoms. The first-order valence-electron chi connectivity index (χ1n) is 9.56. The van der Waals surface area contributed by atoms with E-state index in [1.165, 1.54) is 25.7 Å². The molecule has 0 saturated heterocycles. The van der Waals surface area contributed by atoms with Crippen molar-refractivity contribution < 1.29 is 0 Å². The van der Waals surface area contributed by atoms with E-state index in [0.717, 1.165) is 35.0 Å². The third-order valence-corrected chi connectivity index (χ3v) is 9.00. The first-order chi connectivity index (χ1) is 9.56. The average molecular weight is 274 g/mol. The van der Waals surface area contributed by atoms with Gasteiger partial charge in [-0.15, -0.1) is 0 Å². The van der Waals surface area contributed by atoms with E-state index in [1.54, 1.807) is 38.5 Å². The lowest BCUT2D eigenvalue weighted by molar-refractivity contribution is -0.128. The smallest absolute Gasteiger partial charge is 0.0241 e. The highest BCUT2D eigenvalue weighted by atomic mass is 14.6. The Morgan fingerprint density at radius 2 is 1.60 bits per heavy atom. The van der Waals surface area contributed by atoms with Gasteiger partial charge in [-0.05, 0) is 85.4 Å². The van der Waals surface area contributed by atoms with Gasteiger partial charge in [0.15, 0.2) is 0 Å². The van der Waals surface area contributed by atoms with Crippen LogP contribution in [0.25, 0.3) is 0 Å². The average Bonchev–Trinajstić information content (AvgIpc) is 2.82. The Morgan fingerprint density at radius 1 is 0.750 bits per heavy atom. The number of rotatable bonds is 0. The highest BCUT2D eigenvalue weighted by Gasteiger charge is 2.58. The van der Waals surface area contributed by atoms with Crippen molar-refractivity contribution in [2.45, 2.75) is 85.0 Å². The van der Waals surface area contributed by atoms with Crippen LogP contribution in [0.2, 0.25) is 0 Å². The Bertz CT molecular complexity index is 385. The molecule has 0 radical (unpaired) electrons. The van der Waals surface area contributed by atoms with Gasteiger partial charge in [-0.1, -0.05) is 40.0 Å². The van der Waals surface area contributed by atoms with Crippen molar-refractivity contribution in [3.63, 3.8) is 0 Å². The first-order valence-corrected chi connectivity index (χ1v) is 9.56. The van der Waals surface area contributed by atoms with Gasteiger partial charge in [0, 0.05) is 0 Å². The van der Waals surface area contributed by atoms with Gasteiger partial charge in [0.05, 0.1) is 0 Å². The molecular weight excluding hydrogens is 240 g/mol. The molecule has 7 atom stereocenters. The van der Waals surface area contributed by atoms with Crippen molar-refractivity contribution in [2.24, 2.45) is 40.4 Å². The quantitative estimate of drug-likeness (QED) is 0.504. The molecule has 0 aromatic rings. The molecule has 0 aromatic heterocycles. The molecule has 4 aliphatic carbocycles. The second-order valence-electron chi connectivity index (χ2n) is 9.43. The minimum Gasteiger partial charge on any atom is -0.0620 e. The summed E-state index contributed by atoms with van der Waals surface area (Å²) in [4.78, 5) is 0. The maximum Gasteiger partial charge on any atom is -0.0241 e. The summed E-state index contributed by atoms with van der Waals surface area (Å²) >= 11 is 0. The summed E-state index contributed by atoms with van der Waals surface area (Å²) in [5.74, 6) is 5.32. The Balaban J connectivity index is 1.67. The normalized spacial score (nSPS) is 58.6. The summed E-state index contributed by atoms with van der Waals surface area (Å²) in [6.07, 6.45) is 15.5. The van der Waals surface area contributed by atoms with Crippen molar-refractivity contribution in [3.05, 3.63) is 0 Å². The second-order valence-corrected chi connectivity index (χ2v) is 9.43. The third kappa shape index (κ3) is 1.66. The summed E-state index contributed by atoms with van der Waals surface area (Å²) in [5, 5.41) is 0. The Morgan fingerprint density at radius 3 is 2.45 bits per heavy atom. The topological polar surface area (TPSA) is 0 Å². The molecule has 4 aliphatic rings. The van der Waals surface area contributed by atoms with Crippen LogP contribution < -0.4 is 0 Å². The van der Waals surface area contributed by atoms with Crippen molar-refractivity contribution in [3.8, 4) is 0 Å². The molecule has 0 N–H and O–H groups in total. The minimum atomic E-state index is 0.699. The fourth-order valence-electron chi connectivity index (χ4n) is 7.67. The SMILES string of the molecule is CC1CCCC2CCC3C4CCC[C@@]4(C)CCC3[C@@]12C. The molecule has 0 aromatic carbocycles. The Labute approximate surface area is 126 Å². The van der Waals surface area contributed by atoms with Crippen molar-refractivity contribution in [1.82, 2.24) is 0 Å². The maximum absolute atomic E-state index is 2.72. The minimum absolute atomic E-state index is 0.699.